The number of ether oxygens (including phenoxy) is 1. The standard InChI is InChI=1S/C18H18BrNO2/c1-13-9-16-10-17(19)8-7-15(16)11-20(13)18(21)22-12-14-5-3-2-4-6-14/h2-8,10,13H,9,11-12H2,1H3. The van der Waals surface area contributed by atoms with Gasteiger partial charge in [-0.1, -0.05) is 52.3 Å². The number of halogens is 1. The molecule has 0 bridgehead atoms. The molecule has 0 aromatic heterocycles. The molecule has 1 unspecified atom stereocenters. The molecule has 0 saturated carbocycles. The van der Waals surface area contributed by atoms with Crippen LogP contribution in [0.25, 0.3) is 0 Å². The molecule has 1 aliphatic heterocycles. The van der Waals surface area contributed by atoms with E-state index >= 15 is 0 Å². The number of fused-ring (bicyclic) bond motifs is 1. The summed E-state index contributed by atoms with van der Waals surface area (Å²) in [6, 6.07) is 16.1. The largest absolute Gasteiger partial charge is 0.445 e. The van der Waals surface area contributed by atoms with E-state index in [2.05, 4.69) is 35.0 Å². The van der Waals surface area contributed by atoms with Gasteiger partial charge in [0, 0.05) is 17.1 Å². The number of rotatable bonds is 2. The number of benzene rings is 2. The van der Waals surface area contributed by atoms with Crippen LogP contribution in [0.4, 0.5) is 4.79 Å². The highest BCUT2D eigenvalue weighted by Crippen LogP contribution is 2.26. The highest BCUT2D eigenvalue weighted by molar-refractivity contribution is 9.10. The Morgan fingerprint density at radius 3 is 2.77 bits per heavy atom. The third-order valence-corrected chi connectivity index (χ3v) is 4.49. The van der Waals surface area contributed by atoms with Gasteiger partial charge in [0.2, 0.25) is 0 Å². The summed E-state index contributed by atoms with van der Waals surface area (Å²) in [5.41, 5.74) is 3.50. The number of carbonyl (C=O) groups excluding carboxylic acids is 1. The summed E-state index contributed by atoms with van der Waals surface area (Å²) in [6.45, 7) is 2.99. The molecule has 4 heteroatoms. The number of nitrogens with zero attached hydrogens (tertiary/aromatic N) is 1. The van der Waals surface area contributed by atoms with E-state index in [4.69, 9.17) is 4.74 Å². The summed E-state index contributed by atoms with van der Waals surface area (Å²) in [5.74, 6) is 0. The molecule has 0 aliphatic carbocycles. The molecule has 0 saturated heterocycles. The van der Waals surface area contributed by atoms with Gasteiger partial charge in [0.15, 0.2) is 0 Å². The van der Waals surface area contributed by atoms with Crippen molar-refractivity contribution in [3.63, 3.8) is 0 Å². The van der Waals surface area contributed by atoms with Crippen molar-refractivity contribution in [3.8, 4) is 0 Å². The maximum absolute atomic E-state index is 12.4. The van der Waals surface area contributed by atoms with Crippen LogP contribution in [0, 0.1) is 0 Å². The molecular weight excluding hydrogens is 342 g/mol. The SMILES string of the molecule is CC1Cc2cc(Br)ccc2CN1C(=O)OCc1ccccc1. The Bertz CT molecular complexity index is 672. The molecule has 22 heavy (non-hydrogen) atoms. The van der Waals surface area contributed by atoms with E-state index < -0.39 is 0 Å². The first-order valence-corrected chi connectivity index (χ1v) is 8.17. The number of amides is 1. The second-order valence-electron chi connectivity index (χ2n) is 5.63. The van der Waals surface area contributed by atoms with Gasteiger partial charge in [0.1, 0.15) is 6.61 Å². The minimum Gasteiger partial charge on any atom is -0.445 e. The van der Waals surface area contributed by atoms with Crippen molar-refractivity contribution in [3.05, 3.63) is 69.7 Å². The van der Waals surface area contributed by atoms with Crippen LogP contribution in [0.15, 0.2) is 53.0 Å². The minimum absolute atomic E-state index is 0.144. The number of hydrogen-bond donors (Lipinski definition) is 0. The highest BCUT2D eigenvalue weighted by atomic mass is 79.9. The van der Waals surface area contributed by atoms with Crippen molar-refractivity contribution in [2.24, 2.45) is 0 Å². The first-order chi connectivity index (χ1) is 10.6. The van der Waals surface area contributed by atoms with Crippen LogP contribution in [0.5, 0.6) is 0 Å². The molecule has 3 nitrogen and oxygen atoms in total. The van der Waals surface area contributed by atoms with Crippen molar-refractivity contribution >= 4 is 22.0 Å². The highest BCUT2D eigenvalue weighted by Gasteiger charge is 2.27. The molecule has 1 amide bonds. The summed E-state index contributed by atoms with van der Waals surface area (Å²) in [6.07, 6.45) is 0.611. The molecule has 0 N–H and O–H groups in total. The van der Waals surface area contributed by atoms with E-state index in [1.165, 1.54) is 11.1 Å². The zero-order valence-electron chi connectivity index (χ0n) is 12.5. The molecule has 0 fully saturated rings. The fourth-order valence-electron chi connectivity index (χ4n) is 2.75. The molecule has 3 rings (SSSR count). The summed E-state index contributed by atoms with van der Waals surface area (Å²) >= 11 is 3.50. The summed E-state index contributed by atoms with van der Waals surface area (Å²) in [7, 11) is 0. The van der Waals surface area contributed by atoms with E-state index in [0.29, 0.717) is 13.2 Å². The van der Waals surface area contributed by atoms with Crippen LogP contribution in [-0.2, 0) is 24.3 Å². The zero-order chi connectivity index (χ0) is 15.5. The third-order valence-electron chi connectivity index (χ3n) is 4.00. The lowest BCUT2D eigenvalue weighted by molar-refractivity contribution is 0.0766. The molecule has 1 atom stereocenters. The third kappa shape index (κ3) is 3.33. The van der Waals surface area contributed by atoms with E-state index in [9.17, 15) is 4.79 Å². The Kier molecular flexibility index (Phi) is 4.48. The van der Waals surface area contributed by atoms with Gasteiger partial charge < -0.3 is 9.64 Å². The lowest BCUT2D eigenvalue weighted by Gasteiger charge is -2.34. The fourth-order valence-corrected chi connectivity index (χ4v) is 3.16. The van der Waals surface area contributed by atoms with Crippen molar-refractivity contribution in [2.75, 3.05) is 0 Å². The summed E-state index contributed by atoms with van der Waals surface area (Å²) in [5, 5.41) is 0. The van der Waals surface area contributed by atoms with Gasteiger partial charge in [-0.25, -0.2) is 4.79 Å². The Hall–Kier alpha value is -1.81. The van der Waals surface area contributed by atoms with Crippen molar-refractivity contribution < 1.29 is 9.53 Å². The van der Waals surface area contributed by atoms with Gasteiger partial charge in [-0.05, 0) is 42.2 Å². The Morgan fingerprint density at radius 1 is 1.23 bits per heavy atom. The monoisotopic (exact) mass is 359 g/mol. The normalized spacial score (nSPS) is 17.0. The molecule has 2 aromatic rings. The predicted molar refractivity (Wildman–Crippen MR) is 89.5 cm³/mol. The molecule has 114 valence electrons. The molecule has 0 spiro atoms. The number of hydrogen-bond acceptors (Lipinski definition) is 2. The van der Waals surface area contributed by atoms with Gasteiger partial charge in [-0.3, -0.25) is 0 Å². The maximum Gasteiger partial charge on any atom is 0.410 e. The minimum atomic E-state index is -0.245. The van der Waals surface area contributed by atoms with Gasteiger partial charge in [0.25, 0.3) is 0 Å². The average Bonchev–Trinajstić information content (AvgIpc) is 2.53. The molecule has 1 aliphatic rings. The Morgan fingerprint density at radius 2 is 2.00 bits per heavy atom. The summed E-state index contributed by atoms with van der Waals surface area (Å²) in [4.78, 5) is 14.2. The molecule has 0 radical (unpaired) electrons. The van der Waals surface area contributed by atoms with Gasteiger partial charge in [-0.15, -0.1) is 0 Å². The van der Waals surface area contributed by atoms with Crippen molar-refractivity contribution in [1.29, 1.82) is 0 Å². The van der Waals surface area contributed by atoms with Crippen LogP contribution in [-0.4, -0.2) is 17.0 Å². The van der Waals surface area contributed by atoms with Crippen LogP contribution in [0.3, 0.4) is 0 Å². The lowest BCUT2D eigenvalue weighted by Crippen LogP contribution is -2.42. The maximum atomic E-state index is 12.4. The Balaban J connectivity index is 1.67. The first kappa shape index (κ1) is 15.1. The summed E-state index contributed by atoms with van der Waals surface area (Å²) < 4.78 is 6.54. The molecule has 1 heterocycles. The van der Waals surface area contributed by atoms with Crippen LogP contribution >= 0.6 is 15.9 Å². The fraction of sp³-hybridized carbons (Fsp3) is 0.278. The lowest BCUT2D eigenvalue weighted by atomic mass is 9.95. The molecule has 2 aromatic carbocycles. The van der Waals surface area contributed by atoms with Gasteiger partial charge in [0.05, 0.1) is 0 Å². The average molecular weight is 360 g/mol. The van der Waals surface area contributed by atoms with E-state index in [0.717, 1.165) is 16.5 Å². The zero-order valence-corrected chi connectivity index (χ0v) is 14.0. The van der Waals surface area contributed by atoms with Gasteiger partial charge in [-0.2, -0.15) is 0 Å². The van der Waals surface area contributed by atoms with Crippen LogP contribution in [0.2, 0.25) is 0 Å². The van der Waals surface area contributed by atoms with Crippen LogP contribution in [0.1, 0.15) is 23.6 Å². The molecular formula is C18H18BrNO2. The van der Waals surface area contributed by atoms with E-state index in [-0.39, 0.29) is 12.1 Å². The van der Waals surface area contributed by atoms with E-state index in [1.807, 2.05) is 36.4 Å². The second-order valence-corrected chi connectivity index (χ2v) is 6.55. The quantitative estimate of drug-likeness (QED) is 0.787. The van der Waals surface area contributed by atoms with Crippen molar-refractivity contribution in [2.45, 2.75) is 32.5 Å². The second kappa shape index (κ2) is 6.53. The topological polar surface area (TPSA) is 29.5 Å². The smallest absolute Gasteiger partial charge is 0.410 e. The Labute approximate surface area is 139 Å². The van der Waals surface area contributed by atoms with E-state index in [1.54, 1.807) is 4.90 Å². The van der Waals surface area contributed by atoms with Crippen molar-refractivity contribution in [1.82, 2.24) is 4.90 Å². The first-order valence-electron chi connectivity index (χ1n) is 7.38. The number of carbonyl (C=O) groups is 1. The van der Waals surface area contributed by atoms with Gasteiger partial charge >= 0.3 is 6.09 Å². The van der Waals surface area contributed by atoms with Crippen LogP contribution < -0.4 is 0 Å². The predicted octanol–water partition coefficient (Wildman–Crippen LogP) is 4.53.